The van der Waals surface area contributed by atoms with Gasteiger partial charge in [-0.2, -0.15) is 0 Å². The highest BCUT2D eigenvalue weighted by Gasteiger charge is 2.16. The number of hydrogen-bond acceptors (Lipinski definition) is 6. The van der Waals surface area contributed by atoms with Gasteiger partial charge in [-0.25, -0.2) is 9.78 Å². The average molecular weight is 307 g/mol. The molecule has 110 valence electrons. The Kier molecular flexibility index (Phi) is 4.32. The molecule has 2 aromatic rings. The van der Waals surface area contributed by atoms with Crippen LogP contribution in [-0.2, 0) is 5.75 Å². The molecule has 2 aromatic heterocycles. The van der Waals surface area contributed by atoms with Gasteiger partial charge in [0.1, 0.15) is 17.0 Å². The largest absolute Gasteiger partial charge is 0.502 e. The standard InChI is InChI=1S/C14H13NO5S/c1-7-3-8(2)15-13(12(7)14(18)19)21-6-9-4-10(16)11(17)5-20-9/h3-5,17H,6H2,1-2H3,(H,18,19). The lowest BCUT2D eigenvalue weighted by Gasteiger charge is -2.09. The van der Waals surface area contributed by atoms with E-state index < -0.39 is 17.1 Å². The molecular weight excluding hydrogens is 294 g/mol. The van der Waals surface area contributed by atoms with Crippen LogP contribution in [0.3, 0.4) is 0 Å². The summed E-state index contributed by atoms with van der Waals surface area (Å²) in [7, 11) is 0. The third-order valence-electron chi connectivity index (χ3n) is 2.74. The second-order valence-electron chi connectivity index (χ2n) is 4.45. The quantitative estimate of drug-likeness (QED) is 0.836. The number of rotatable bonds is 4. The average Bonchev–Trinajstić information content (AvgIpc) is 2.38. The lowest BCUT2D eigenvalue weighted by molar-refractivity contribution is 0.0691. The lowest BCUT2D eigenvalue weighted by Crippen LogP contribution is -2.06. The molecule has 0 aromatic carbocycles. The number of carboxylic acid groups (broad SMARTS) is 1. The van der Waals surface area contributed by atoms with E-state index in [2.05, 4.69) is 4.98 Å². The summed E-state index contributed by atoms with van der Waals surface area (Å²) in [6.07, 6.45) is 0.964. The van der Waals surface area contributed by atoms with Crippen molar-refractivity contribution in [2.75, 3.05) is 0 Å². The first kappa shape index (κ1) is 15.1. The van der Waals surface area contributed by atoms with Crippen LogP contribution < -0.4 is 5.43 Å². The number of hydrogen-bond donors (Lipinski definition) is 2. The van der Waals surface area contributed by atoms with Crippen LogP contribution >= 0.6 is 11.8 Å². The van der Waals surface area contributed by atoms with Crippen molar-refractivity contribution in [2.24, 2.45) is 0 Å². The third-order valence-corrected chi connectivity index (χ3v) is 3.74. The highest BCUT2D eigenvalue weighted by molar-refractivity contribution is 7.98. The summed E-state index contributed by atoms with van der Waals surface area (Å²) in [5.41, 5.74) is 0.951. The Balaban J connectivity index is 2.29. The van der Waals surface area contributed by atoms with Gasteiger partial charge < -0.3 is 14.6 Å². The van der Waals surface area contributed by atoms with Gasteiger partial charge in [0.2, 0.25) is 5.43 Å². The molecule has 0 saturated carbocycles. The molecule has 0 fully saturated rings. The van der Waals surface area contributed by atoms with Gasteiger partial charge in [0, 0.05) is 11.8 Å². The first-order chi connectivity index (χ1) is 9.88. The van der Waals surface area contributed by atoms with Crippen LogP contribution in [0, 0.1) is 13.8 Å². The normalized spacial score (nSPS) is 10.6. The Hall–Kier alpha value is -2.28. The van der Waals surface area contributed by atoms with Crippen molar-refractivity contribution in [2.45, 2.75) is 24.6 Å². The molecule has 0 spiro atoms. The number of aromatic hydroxyl groups is 1. The van der Waals surface area contributed by atoms with Gasteiger partial charge >= 0.3 is 5.97 Å². The molecular formula is C14H13NO5S. The molecule has 0 amide bonds. The van der Waals surface area contributed by atoms with Crippen molar-refractivity contribution >= 4 is 17.7 Å². The predicted molar refractivity (Wildman–Crippen MR) is 76.9 cm³/mol. The summed E-state index contributed by atoms with van der Waals surface area (Å²) in [5, 5.41) is 18.7. The van der Waals surface area contributed by atoms with Gasteiger partial charge in [-0.1, -0.05) is 11.8 Å². The highest BCUT2D eigenvalue weighted by atomic mass is 32.2. The van der Waals surface area contributed by atoms with Gasteiger partial charge in [-0.3, -0.25) is 4.79 Å². The van der Waals surface area contributed by atoms with E-state index in [0.717, 1.165) is 6.26 Å². The van der Waals surface area contributed by atoms with Gasteiger partial charge in [0.15, 0.2) is 5.75 Å². The van der Waals surface area contributed by atoms with E-state index in [0.29, 0.717) is 22.0 Å². The minimum Gasteiger partial charge on any atom is -0.502 e. The minimum atomic E-state index is -1.05. The van der Waals surface area contributed by atoms with Gasteiger partial charge in [0.05, 0.1) is 11.3 Å². The molecule has 0 atom stereocenters. The smallest absolute Gasteiger partial charge is 0.338 e. The zero-order valence-electron chi connectivity index (χ0n) is 11.4. The second kappa shape index (κ2) is 6.01. The van der Waals surface area contributed by atoms with Crippen LogP contribution in [0.5, 0.6) is 5.75 Å². The lowest BCUT2D eigenvalue weighted by atomic mass is 10.1. The molecule has 2 rings (SSSR count). The Morgan fingerprint density at radius 1 is 1.38 bits per heavy atom. The van der Waals surface area contributed by atoms with Crippen molar-refractivity contribution in [3.63, 3.8) is 0 Å². The summed E-state index contributed by atoms with van der Waals surface area (Å²) in [6, 6.07) is 2.87. The van der Waals surface area contributed by atoms with Crippen LogP contribution in [-0.4, -0.2) is 21.2 Å². The number of thioether (sulfide) groups is 1. The van der Waals surface area contributed by atoms with E-state index in [1.165, 1.54) is 17.8 Å². The Morgan fingerprint density at radius 2 is 2.10 bits per heavy atom. The minimum absolute atomic E-state index is 0.145. The van der Waals surface area contributed by atoms with Crippen LogP contribution in [0.2, 0.25) is 0 Å². The maximum absolute atomic E-state index is 11.3. The number of aryl methyl sites for hydroxylation is 2. The fourth-order valence-corrected chi connectivity index (χ4v) is 2.86. The van der Waals surface area contributed by atoms with Crippen molar-refractivity contribution in [1.82, 2.24) is 4.98 Å². The summed E-state index contributed by atoms with van der Waals surface area (Å²) in [5.74, 6) is -0.930. The predicted octanol–water partition coefficient (Wildman–Crippen LogP) is 2.35. The van der Waals surface area contributed by atoms with Gasteiger partial charge in [-0.05, 0) is 25.5 Å². The number of carboxylic acids is 1. The molecule has 0 radical (unpaired) electrons. The number of carbonyl (C=O) groups is 1. The molecule has 6 nitrogen and oxygen atoms in total. The number of pyridine rings is 1. The Labute approximate surface area is 124 Å². The van der Waals surface area contributed by atoms with E-state index in [1.807, 2.05) is 0 Å². The van der Waals surface area contributed by atoms with E-state index in [4.69, 9.17) is 9.52 Å². The summed E-state index contributed by atoms with van der Waals surface area (Å²) < 4.78 is 5.08. The summed E-state index contributed by atoms with van der Waals surface area (Å²) in [6.45, 7) is 3.49. The molecule has 7 heteroatoms. The first-order valence-electron chi connectivity index (χ1n) is 6.03. The van der Waals surface area contributed by atoms with E-state index in [9.17, 15) is 14.7 Å². The van der Waals surface area contributed by atoms with Crippen LogP contribution in [0.15, 0.2) is 32.6 Å². The SMILES string of the molecule is Cc1cc(C)c(C(=O)O)c(SCc2cc(=O)c(O)co2)n1. The fourth-order valence-electron chi connectivity index (χ4n) is 1.83. The maximum atomic E-state index is 11.3. The summed E-state index contributed by atoms with van der Waals surface area (Å²) >= 11 is 1.17. The summed E-state index contributed by atoms with van der Waals surface area (Å²) in [4.78, 5) is 26.8. The van der Waals surface area contributed by atoms with Crippen molar-refractivity contribution in [3.05, 3.63) is 51.2 Å². The van der Waals surface area contributed by atoms with Crippen LogP contribution in [0.4, 0.5) is 0 Å². The van der Waals surface area contributed by atoms with Crippen molar-refractivity contribution in [3.8, 4) is 5.75 Å². The van der Waals surface area contributed by atoms with Crippen LogP contribution in [0.1, 0.15) is 27.4 Å². The Bertz CT molecular complexity index is 754. The van der Waals surface area contributed by atoms with Gasteiger partial charge in [0.25, 0.3) is 0 Å². The molecule has 2 heterocycles. The van der Waals surface area contributed by atoms with E-state index in [-0.39, 0.29) is 11.3 Å². The first-order valence-corrected chi connectivity index (χ1v) is 7.02. The highest BCUT2D eigenvalue weighted by Crippen LogP contribution is 2.27. The fraction of sp³-hybridized carbons (Fsp3) is 0.214. The monoisotopic (exact) mass is 307 g/mol. The zero-order valence-corrected chi connectivity index (χ0v) is 12.2. The zero-order chi connectivity index (χ0) is 15.6. The number of nitrogens with zero attached hydrogens (tertiary/aromatic N) is 1. The second-order valence-corrected chi connectivity index (χ2v) is 5.41. The molecule has 0 bridgehead atoms. The molecule has 0 aliphatic heterocycles. The molecule has 0 saturated heterocycles. The maximum Gasteiger partial charge on any atom is 0.338 e. The van der Waals surface area contributed by atoms with Crippen molar-refractivity contribution < 1.29 is 19.4 Å². The molecule has 21 heavy (non-hydrogen) atoms. The number of aromatic carboxylic acids is 1. The molecule has 0 unspecified atom stereocenters. The topological polar surface area (TPSA) is 101 Å². The molecule has 0 aliphatic carbocycles. The van der Waals surface area contributed by atoms with Crippen LogP contribution in [0.25, 0.3) is 0 Å². The third kappa shape index (κ3) is 3.43. The van der Waals surface area contributed by atoms with E-state index in [1.54, 1.807) is 19.9 Å². The van der Waals surface area contributed by atoms with E-state index >= 15 is 0 Å². The number of aromatic nitrogens is 1. The van der Waals surface area contributed by atoms with Crippen molar-refractivity contribution in [1.29, 1.82) is 0 Å². The Morgan fingerprint density at radius 3 is 2.71 bits per heavy atom. The van der Waals surface area contributed by atoms with Gasteiger partial charge in [-0.15, -0.1) is 0 Å². The molecule has 0 aliphatic rings. The molecule has 2 N–H and O–H groups in total.